The van der Waals surface area contributed by atoms with Gasteiger partial charge in [-0.25, -0.2) is 8.78 Å². The second-order valence-electron chi connectivity index (χ2n) is 7.08. The van der Waals surface area contributed by atoms with Crippen molar-refractivity contribution in [1.29, 1.82) is 0 Å². The summed E-state index contributed by atoms with van der Waals surface area (Å²) in [6, 6.07) is 5.42. The maximum atomic E-state index is 13.5. The summed E-state index contributed by atoms with van der Waals surface area (Å²) >= 11 is 0. The average molecular weight is 377 g/mol. The molecule has 1 aromatic rings. The minimum absolute atomic E-state index is 0.164. The normalized spacial score (nSPS) is 20.5. The van der Waals surface area contributed by atoms with Crippen LogP contribution in [0.25, 0.3) is 0 Å². The Morgan fingerprint density at radius 2 is 1.96 bits per heavy atom. The summed E-state index contributed by atoms with van der Waals surface area (Å²) in [6.45, 7) is 5.09. The number of carbonyl (C=O) groups is 1. The fourth-order valence-corrected chi connectivity index (χ4v) is 3.57. The van der Waals surface area contributed by atoms with Crippen molar-refractivity contribution in [2.24, 2.45) is 4.99 Å². The van der Waals surface area contributed by atoms with Gasteiger partial charge in [0.2, 0.25) is 0 Å². The predicted molar refractivity (Wildman–Crippen MR) is 100 cm³/mol. The van der Waals surface area contributed by atoms with Crippen LogP contribution in [0.3, 0.4) is 0 Å². The van der Waals surface area contributed by atoms with Crippen LogP contribution in [0.2, 0.25) is 0 Å². The average Bonchev–Trinajstić information content (AvgIpc) is 2.64. The predicted octanol–water partition coefficient (Wildman–Crippen LogP) is 3.08. The first-order valence-electron chi connectivity index (χ1n) is 9.19. The number of nitrogens with zero attached hydrogens (tertiary/aromatic N) is 2. The van der Waals surface area contributed by atoms with Gasteiger partial charge in [0.05, 0.1) is 12.6 Å². The summed E-state index contributed by atoms with van der Waals surface area (Å²) in [7, 11) is 0. The van der Waals surface area contributed by atoms with Crippen LogP contribution in [0.1, 0.15) is 34.3 Å². The first kappa shape index (κ1) is 19.5. The van der Waals surface area contributed by atoms with Crippen molar-refractivity contribution in [3.8, 4) is 0 Å². The van der Waals surface area contributed by atoms with Crippen LogP contribution in [-0.4, -0.2) is 55.4 Å². The van der Waals surface area contributed by atoms with Crippen LogP contribution in [0.5, 0.6) is 0 Å². The Hall–Kier alpha value is -2.28. The van der Waals surface area contributed by atoms with Crippen molar-refractivity contribution in [3.05, 3.63) is 46.7 Å². The Balaban J connectivity index is 1.72. The molecule has 3 rings (SSSR count). The summed E-state index contributed by atoms with van der Waals surface area (Å²) in [5.74, 6) is -2.13. The molecule has 1 amide bonds. The molecule has 1 saturated heterocycles. The molecule has 27 heavy (non-hydrogen) atoms. The van der Waals surface area contributed by atoms with E-state index < -0.39 is 5.92 Å². The van der Waals surface area contributed by atoms with E-state index in [-0.39, 0.29) is 44.4 Å². The van der Waals surface area contributed by atoms with Gasteiger partial charge in [0.25, 0.3) is 11.8 Å². The highest BCUT2D eigenvalue weighted by molar-refractivity contribution is 5.97. The summed E-state index contributed by atoms with van der Waals surface area (Å²) in [5.41, 5.74) is 2.46. The van der Waals surface area contributed by atoms with Crippen molar-refractivity contribution in [3.63, 3.8) is 0 Å². The maximum absolute atomic E-state index is 13.5. The molecule has 2 heterocycles. The third-order valence-corrected chi connectivity index (χ3v) is 5.12. The van der Waals surface area contributed by atoms with Crippen molar-refractivity contribution in [2.75, 3.05) is 26.2 Å². The van der Waals surface area contributed by atoms with E-state index in [2.05, 4.69) is 10.3 Å². The van der Waals surface area contributed by atoms with Crippen LogP contribution in [-0.2, 0) is 4.74 Å². The summed E-state index contributed by atoms with van der Waals surface area (Å²) in [4.78, 5) is 18.7. The molecule has 1 N–H and O–H groups in total. The largest absolute Gasteiger partial charge is 0.449 e. The van der Waals surface area contributed by atoms with Gasteiger partial charge in [-0.05, 0) is 31.1 Å². The van der Waals surface area contributed by atoms with Crippen molar-refractivity contribution in [1.82, 2.24) is 10.2 Å². The first-order valence-corrected chi connectivity index (χ1v) is 9.19. The number of hydrogen-bond donors (Lipinski definition) is 1. The van der Waals surface area contributed by atoms with Gasteiger partial charge in [-0.2, -0.15) is 0 Å². The van der Waals surface area contributed by atoms with E-state index in [1.165, 1.54) is 6.40 Å². The van der Waals surface area contributed by atoms with Gasteiger partial charge in [-0.15, -0.1) is 0 Å². The highest BCUT2D eigenvalue weighted by atomic mass is 19.3. The van der Waals surface area contributed by atoms with Crippen LogP contribution < -0.4 is 5.32 Å². The number of piperidine rings is 1. The Morgan fingerprint density at radius 1 is 1.30 bits per heavy atom. The smallest absolute Gasteiger partial charge is 0.251 e. The number of aryl methyl sites for hydroxylation is 2. The number of ether oxygens (including phenoxy) is 1. The highest BCUT2D eigenvalue weighted by Gasteiger charge is 2.37. The quantitative estimate of drug-likeness (QED) is 0.858. The molecule has 2 aliphatic heterocycles. The van der Waals surface area contributed by atoms with Crippen LogP contribution in [0.4, 0.5) is 8.78 Å². The standard InChI is InChI=1S/C20H25F2N3O2/c1-14-4-3-5-15(2)18(14)19(26)24-12-16(17-6-9-23-13-27-17)25-10-7-20(21,22)8-11-25/h3-6,13,16H,7-12H2,1-2H3,(H,24,26). The lowest BCUT2D eigenvalue weighted by Crippen LogP contribution is -2.50. The number of rotatable bonds is 5. The molecule has 1 fully saturated rings. The van der Waals surface area contributed by atoms with Gasteiger partial charge < -0.3 is 10.1 Å². The van der Waals surface area contributed by atoms with E-state index in [4.69, 9.17) is 4.74 Å². The number of alkyl halides is 2. The van der Waals surface area contributed by atoms with Gasteiger partial charge >= 0.3 is 0 Å². The number of carbonyl (C=O) groups excluding carboxylic acids is 1. The van der Waals surface area contributed by atoms with Crippen molar-refractivity contribution < 1.29 is 18.3 Å². The van der Waals surface area contributed by atoms with Gasteiger partial charge in [0, 0.05) is 38.0 Å². The minimum atomic E-state index is -2.62. The molecule has 0 saturated carbocycles. The topological polar surface area (TPSA) is 53.9 Å². The molecule has 1 unspecified atom stereocenters. The summed E-state index contributed by atoms with van der Waals surface area (Å²) < 4.78 is 32.6. The van der Waals surface area contributed by atoms with Gasteiger partial charge in [0.1, 0.15) is 5.76 Å². The number of likely N-dealkylation sites (tertiary alicyclic amines) is 1. The fourth-order valence-electron chi connectivity index (χ4n) is 3.57. The molecule has 0 aromatic heterocycles. The molecule has 0 bridgehead atoms. The highest BCUT2D eigenvalue weighted by Crippen LogP contribution is 2.30. The number of hydrogen-bond acceptors (Lipinski definition) is 4. The van der Waals surface area contributed by atoms with Crippen LogP contribution >= 0.6 is 0 Å². The van der Waals surface area contributed by atoms with E-state index >= 15 is 0 Å². The lowest BCUT2D eigenvalue weighted by atomic mass is 10.0. The molecule has 5 nitrogen and oxygen atoms in total. The Kier molecular flexibility index (Phi) is 5.89. The molecular weight excluding hydrogens is 352 g/mol. The molecule has 1 aromatic carbocycles. The summed E-state index contributed by atoms with van der Waals surface area (Å²) in [5, 5.41) is 2.96. The van der Waals surface area contributed by atoms with Gasteiger partial charge in [0.15, 0.2) is 6.40 Å². The molecule has 7 heteroatoms. The Bertz CT molecular complexity index is 731. The number of halogens is 2. The van der Waals surface area contributed by atoms with Crippen LogP contribution in [0, 0.1) is 13.8 Å². The molecule has 0 radical (unpaired) electrons. The molecule has 0 spiro atoms. The second-order valence-corrected chi connectivity index (χ2v) is 7.08. The fraction of sp³-hybridized carbons (Fsp3) is 0.500. The number of amides is 1. The lowest BCUT2D eigenvalue weighted by Gasteiger charge is -2.38. The zero-order valence-corrected chi connectivity index (χ0v) is 15.7. The third-order valence-electron chi connectivity index (χ3n) is 5.12. The third kappa shape index (κ3) is 4.71. The maximum Gasteiger partial charge on any atom is 0.251 e. The van der Waals surface area contributed by atoms with E-state index in [0.29, 0.717) is 17.9 Å². The Morgan fingerprint density at radius 3 is 2.56 bits per heavy atom. The van der Waals surface area contributed by atoms with Crippen LogP contribution in [0.15, 0.2) is 35.0 Å². The van der Waals surface area contributed by atoms with Crippen molar-refractivity contribution in [2.45, 2.75) is 38.7 Å². The zero-order chi connectivity index (χ0) is 19.4. The number of benzene rings is 1. The molecule has 146 valence electrons. The Labute approximate surface area is 158 Å². The van der Waals surface area contributed by atoms with E-state index in [9.17, 15) is 13.6 Å². The molecule has 2 aliphatic rings. The molecule has 1 atom stereocenters. The van der Waals surface area contributed by atoms with E-state index in [1.807, 2.05) is 43.0 Å². The molecule has 0 aliphatic carbocycles. The molecular formula is C20H25F2N3O2. The SMILES string of the molecule is Cc1cccc(C)c1C(=O)NCC(C1=CCN=CO1)N1CCC(F)(F)CC1. The first-order chi connectivity index (χ1) is 12.9. The lowest BCUT2D eigenvalue weighted by molar-refractivity contribution is -0.0623. The van der Waals surface area contributed by atoms with E-state index in [0.717, 1.165) is 11.1 Å². The minimum Gasteiger partial charge on any atom is -0.449 e. The van der Waals surface area contributed by atoms with Gasteiger partial charge in [-0.3, -0.25) is 14.7 Å². The monoisotopic (exact) mass is 377 g/mol. The summed E-state index contributed by atoms with van der Waals surface area (Å²) in [6.07, 6.45) is 2.84. The number of aliphatic imine (C=N–C) groups is 1. The van der Waals surface area contributed by atoms with Crippen molar-refractivity contribution >= 4 is 12.3 Å². The number of nitrogens with one attached hydrogen (secondary N) is 1. The van der Waals surface area contributed by atoms with E-state index in [1.54, 1.807) is 0 Å². The zero-order valence-electron chi connectivity index (χ0n) is 15.7. The van der Waals surface area contributed by atoms with Gasteiger partial charge in [-0.1, -0.05) is 18.2 Å². The second kappa shape index (κ2) is 8.17.